The highest BCUT2D eigenvalue weighted by Crippen LogP contribution is 2.31. The van der Waals surface area contributed by atoms with Gasteiger partial charge in [-0.3, -0.25) is 0 Å². The van der Waals surface area contributed by atoms with E-state index in [0.29, 0.717) is 16.9 Å². The van der Waals surface area contributed by atoms with Gasteiger partial charge in [0, 0.05) is 14.8 Å². The van der Waals surface area contributed by atoms with Gasteiger partial charge in [-0.1, -0.05) is 0 Å². The van der Waals surface area contributed by atoms with E-state index < -0.39 is 5.63 Å². The minimum atomic E-state index is -0.476. The van der Waals surface area contributed by atoms with Crippen LogP contribution in [0.5, 0.6) is 0 Å². The van der Waals surface area contributed by atoms with Gasteiger partial charge in [-0.15, -0.1) is 0 Å². The number of hydrogen-bond acceptors (Lipinski definition) is 3. The maximum atomic E-state index is 13.6. The van der Waals surface area contributed by atoms with E-state index in [1.54, 1.807) is 6.07 Å². The first-order chi connectivity index (χ1) is 10.5. The molecule has 0 aliphatic heterocycles. The van der Waals surface area contributed by atoms with Crippen LogP contribution in [0.3, 0.4) is 0 Å². The summed E-state index contributed by atoms with van der Waals surface area (Å²) in [5.74, 6) is -0.361. The summed E-state index contributed by atoms with van der Waals surface area (Å²) in [7, 11) is 0. The van der Waals surface area contributed by atoms with E-state index in [1.807, 2.05) is 25.1 Å². The first-order valence-electron chi connectivity index (χ1n) is 6.54. The van der Waals surface area contributed by atoms with E-state index in [4.69, 9.17) is 4.52 Å². The van der Waals surface area contributed by atoms with E-state index in [1.165, 1.54) is 18.2 Å². The summed E-state index contributed by atoms with van der Waals surface area (Å²) in [4.78, 5) is 11.2. The summed E-state index contributed by atoms with van der Waals surface area (Å²) in [6, 6.07) is 11.6. The van der Waals surface area contributed by atoms with Crippen LogP contribution in [0.4, 0.5) is 15.8 Å². The summed E-state index contributed by atoms with van der Waals surface area (Å²) in [5, 5.41) is 5.75. The lowest BCUT2D eigenvalue weighted by Gasteiger charge is -2.13. The molecule has 0 atom stereocenters. The van der Waals surface area contributed by atoms with Gasteiger partial charge in [0.15, 0.2) is 0 Å². The van der Waals surface area contributed by atoms with Crippen molar-refractivity contribution >= 4 is 34.0 Å². The van der Waals surface area contributed by atoms with Gasteiger partial charge in [-0.2, -0.15) is 0 Å². The van der Waals surface area contributed by atoms with Gasteiger partial charge < -0.3 is 9.84 Å². The molecule has 6 heteroatoms. The molecule has 0 amide bonds. The van der Waals surface area contributed by atoms with Gasteiger partial charge in [0.1, 0.15) is 5.82 Å². The van der Waals surface area contributed by atoms with Crippen LogP contribution in [0.1, 0.15) is 5.56 Å². The molecular weight excluding hydrogens is 398 g/mol. The molecular formula is C16H12FIN2O2. The Morgan fingerprint density at radius 1 is 1.14 bits per heavy atom. The molecule has 1 aromatic heterocycles. The minimum Gasteiger partial charge on any atom is -0.355 e. The summed E-state index contributed by atoms with van der Waals surface area (Å²) in [6.07, 6.45) is 0. The van der Waals surface area contributed by atoms with E-state index in [0.717, 1.165) is 14.8 Å². The van der Waals surface area contributed by atoms with Crippen LogP contribution in [0.15, 0.2) is 51.8 Å². The Morgan fingerprint density at radius 3 is 2.64 bits per heavy atom. The highest BCUT2D eigenvalue weighted by atomic mass is 127. The summed E-state index contributed by atoms with van der Waals surface area (Å²) < 4.78 is 19.4. The molecule has 3 rings (SSSR count). The maximum absolute atomic E-state index is 13.6. The summed E-state index contributed by atoms with van der Waals surface area (Å²) in [6.45, 7) is 1.98. The van der Waals surface area contributed by atoms with Crippen LogP contribution >= 0.6 is 22.6 Å². The van der Waals surface area contributed by atoms with Gasteiger partial charge >= 0.3 is 5.63 Å². The average molecular weight is 410 g/mol. The van der Waals surface area contributed by atoms with E-state index in [-0.39, 0.29) is 5.82 Å². The predicted octanol–water partition coefficient (Wildman–Crippen LogP) is 4.43. The lowest BCUT2D eigenvalue weighted by atomic mass is 10.1. The second-order valence-electron chi connectivity index (χ2n) is 4.86. The third-order valence-corrected chi connectivity index (χ3v) is 3.92. The standard InChI is InChI=1S/C16H12FIN2O2/c1-9-6-11(18)3-5-13(9)19-14-7-10(17)2-4-12(14)15-8-16(21)22-20-15/h2-8,19-20H,1H3. The van der Waals surface area contributed by atoms with Gasteiger partial charge in [0.2, 0.25) is 0 Å². The lowest BCUT2D eigenvalue weighted by Crippen LogP contribution is -1.97. The van der Waals surface area contributed by atoms with Crippen molar-refractivity contribution in [2.24, 2.45) is 0 Å². The van der Waals surface area contributed by atoms with E-state index in [2.05, 4.69) is 33.1 Å². The molecule has 0 unspecified atom stereocenters. The van der Waals surface area contributed by atoms with Crippen molar-refractivity contribution in [3.05, 3.63) is 67.8 Å². The van der Waals surface area contributed by atoms with Crippen LogP contribution in [0, 0.1) is 16.3 Å². The third-order valence-electron chi connectivity index (χ3n) is 3.25. The van der Waals surface area contributed by atoms with Crippen molar-refractivity contribution < 1.29 is 8.91 Å². The summed E-state index contributed by atoms with van der Waals surface area (Å²) >= 11 is 2.24. The largest absolute Gasteiger partial charge is 0.357 e. The Labute approximate surface area is 139 Å². The maximum Gasteiger partial charge on any atom is 0.357 e. The smallest absolute Gasteiger partial charge is 0.355 e. The van der Waals surface area contributed by atoms with Crippen LogP contribution in [-0.2, 0) is 0 Å². The molecule has 0 bridgehead atoms. The highest BCUT2D eigenvalue weighted by molar-refractivity contribution is 14.1. The Morgan fingerprint density at radius 2 is 1.95 bits per heavy atom. The molecule has 22 heavy (non-hydrogen) atoms. The van der Waals surface area contributed by atoms with Crippen LogP contribution in [0.25, 0.3) is 11.3 Å². The van der Waals surface area contributed by atoms with Gasteiger partial charge in [-0.25, -0.2) is 14.3 Å². The second kappa shape index (κ2) is 5.96. The lowest BCUT2D eigenvalue weighted by molar-refractivity contribution is 0.394. The monoisotopic (exact) mass is 410 g/mol. The number of H-pyrrole nitrogens is 1. The number of anilines is 2. The first-order valence-corrected chi connectivity index (χ1v) is 7.62. The zero-order valence-electron chi connectivity index (χ0n) is 11.6. The topological polar surface area (TPSA) is 58.0 Å². The molecule has 0 aliphatic rings. The molecule has 0 radical (unpaired) electrons. The number of nitrogens with one attached hydrogen (secondary N) is 2. The zero-order chi connectivity index (χ0) is 15.7. The number of rotatable bonds is 3. The van der Waals surface area contributed by atoms with Crippen LogP contribution in [-0.4, -0.2) is 5.16 Å². The van der Waals surface area contributed by atoms with Crippen molar-refractivity contribution in [3.63, 3.8) is 0 Å². The minimum absolute atomic E-state index is 0.361. The molecule has 0 aliphatic carbocycles. The van der Waals surface area contributed by atoms with E-state index in [9.17, 15) is 9.18 Å². The SMILES string of the molecule is Cc1cc(I)ccc1Nc1cc(F)ccc1-c1cc(=O)o[nH]1. The van der Waals surface area contributed by atoms with Crippen molar-refractivity contribution in [1.29, 1.82) is 0 Å². The molecule has 0 saturated heterocycles. The molecule has 2 N–H and O–H groups in total. The molecule has 1 heterocycles. The fourth-order valence-electron chi connectivity index (χ4n) is 2.18. The molecule has 0 saturated carbocycles. The second-order valence-corrected chi connectivity index (χ2v) is 6.10. The quantitative estimate of drug-likeness (QED) is 0.629. The molecule has 3 aromatic rings. The van der Waals surface area contributed by atoms with E-state index >= 15 is 0 Å². The zero-order valence-corrected chi connectivity index (χ0v) is 13.8. The van der Waals surface area contributed by atoms with Crippen LogP contribution < -0.4 is 10.9 Å². The normalized spacial score (nSPS) is 10.7. The fraction of sp³-hybridized carbons (Fsp3) is 0.0625. The van der Waals surface area contributed by atoms with Gasteiger partial charge in [0.05, 0.1) is 17.4 Å². The first kappa shape index (κ1) is 14.8. The number of aromatic amines is 1. The fourth-order valence-corrected chi connectivity index (χ4v) is 2.83. The van der Waals surface area contributed by atoms with Crippen molar-refractivity contribution in [3.8, 4) is 11.3 Å². The Balaban J connectivity index is 2.06. The Hall–Kier alpha value is -2.09. The van der Waals surface area contributed by atoms with Gasteiger partial charge in [0.25, 0.3) is 0 Å². The highest BCUT2D eigenvalue weighted by Gasteiger charge is 2.11. The van der Waals surface area contributed by atoms with Crippen LogP contribution in [0.2, 0.25) is 0 Å². The molecule has 2 aromatic carbocycles. The van der Waals surface area contributed by atoms with Crippen molar-refractivity contribution in [2.45, 2.75) is 6.92 Å². The third kappa shape index (κ3) is 3.06. The number of halogens is 2. The average Bonchev–Trinajstić information content (AvgIpc) is 2.88. The molecule has 0 fully saturated rings. The predicted molar refractivity (Wildman–Crippen MR) is 91.9 cm³/mol. The number of hydrogen-bond donors (Lipinski definition) is 2. The number of benzene rings is 2. The molecule has 112 valence electrons. The Kier molecular flexibility index (Phi) is 4.02. The Bertz CT molecular complexity index is 886. The summed E-state index contributed by atoms with van der Waals surface area (Å²) in [5.41, 5.74) is 3.15. The van der Waals surface area contributed by atoms with Crippen molar-refractivity contribution in [2.75, 3.05) is 5.32 Å². The number of aromatic nitrogens is 1. The van der Waals surface area contributed by atoms with Gasteiger partial charge in [-0.05, 0) is 71.5 Å². The molecule has 4 nitrogen and oxygen atoms in total. The van der Waals surface area contributed by atoms with Crippen molar-refractivity contribution in [1.82, 2.24) is 5.16 Å². The molecule has 0 spiro atoms. The number of aryl methyl sites for hydroxylation is 1.